The fourth-order valence-electron chi connectivity index (χ4n) is 2.49. The number of nitrogens with one attached hydrogen (secondary N) is 2. The summed E-state index contributed by atoms with van der Waals surface area (Å²) in [5.74, 6) is 0.0598. The lowest BCUT2D eigenvalue weighted by Crippen LogP contribution is -2.39. The molecule has 1 aliphatic rings. The molecule has 1 aromatic rings. The van der Waals surface area contributed by atoms with Gasteiger partial charge in [0, 0.05) is 18.7 Å². The Kier molecular flexibility index (Phi) is 4.84. The van der Waals surface area contributed by atoms with Crippen LogP contribution in [0.4, 0.5) is 0 Å². The van der Waals surface area contributed by atoms with Crippen molar-refractivity contribution in [1.29, 1.82) is 0 Å². The monoisotopic (exact) mass is 286 g/mol. The average molecular weight is 286 g/mol. The number of hydrogen-bond donors (Lipinski definition) is 2. The zero-order chi connectivity index (χ0) is 15.5. The van der Waals surface area contributed by atoms with Crippen LogP contribution in [-0.2, 0) is 4.79 Å². The van der Waals surface area contributed by atoms with Gasteiger partial charge in [-0.25, -0.2) is 0 Å². The van der Waals surface area contributed by atoms with Crippen molar-refractivity contribution in [2.24, 2.45) is 5.41 Å². The van der Waals surface area contributed by atoms with E-state index in [1.807, 2.05) is 25.1 Å². The third-order valence-electron chi connectivity index (χ3n) is 3.87. The summed E-state index contributed by atoms with van der Waals surface area (Å²) in [6, 6.07) is 10.3. The molecule has 1 fully saturated rings. The lowest BCUT2D eigenvalue weighted by molar-refractivity contribution is -0.118. The molecule has 21 heavy (non-hydrogen) atoms. The third kappa shape index (κ3) is 4.43. The van der Waals surface area contributed by atoms with Gasteiger partial charge in [0.05, 0.1) is 6.04 Å². The van der Waals surface area contributed by atoms with Gasteiger partial charge >= 0.3 is 0 Å². The summed E-state index contributed by atoms with van der Waals surface area (Å²) < 4.78 is 0. The number of carbonyl (C=O) groups is 1. The highest BCUT2D eigenvalue weighted by Gasteiger charge is 2.23. The van der Waals surface area contributed by atoms with Crippen LogP contribution in [0.2, 0.25) is 0 Å². The minimum atomic E-state index is 0.0577. The van der Waals surface area contributed by atoms with Crippen molar-refractivity contribution < 1.29 is 4.79 Å². The van der Waals surface area contributed by atoms with Crippen LogP contribution >= 0.6 is 0 Å². The molecule has 3 heteroatoms. The second-order valence-corrected chi connectivity index (χ2v) is 7.03. The Morgan fingerprint density at radius 1 is 1.24 bits per heavy atom. The number of hydrogen-bond acceptors (Lipinski definition) is 2. The van der Waals surface area contributed by atoms with Crippen molar-refractivity contribution in [2.45, 2.75) is 40.2 Å². The standard InChI is InChI=1S/C18H26N2O/c1-13(15-11-19-12-15)17(21)20-16(10-18(2,3)4)14-8-6-5-7-9-14/h5-9,16,19H,10-12H2,1-4H3,(H,20,21). The summed E-state index contributed by atoms with van der Waals surface area (Å²) >= 11 is 0. The molecule has 0 aromatic heterocycles. The van der Waals surface area contributed by atoms with Gasteiger partial charge in [0.1, 0.15) is 0 Å². The lowest BCUT2D eigenvalue weighted by Gasteiger charge is -2.28. The molecule has 1 amide bonds. The van der Waals surface area contributed by atoms with Gasteiger partial charge in [-0.15, -0.1) is 0 Å². The zero-order valence-electron chi connectivity index (χ0n) is 13.5. The van der Waals surface area contributed by atoms with E-state index in [1.54, 1.807) is 0 Å². The molecular weight excluding hydrogens is 260 g/mol. The molecular formula is C18H26N2O. The first-order valence-electron chi connectivity index (χ1n) is 7.62. The normalized spacial score (nSPS) is 16.1. The highest BCUT2D eigenvalue weighted by molar-refractivity contribution is 5.94. The van der Waals surface area contributed by atoms with E-state index in [4.69, 9.17) is 0 Å². The Morgan fingerprint density at radius 3 is 2.33 bits per heavy atom. The molecule has 0 spiro atoms. The van der Waals surface area contributed by atoms with E-state index < -0.39 is 0 Å². The summed E-state index contributed by atoms with van der Waals surface area (Å²) in [5.41, 5.74) is 3.41. The molecule has 3 nitrogen and oxygen atoms in total. The summed E-state index contributed by atoms with van der Waals surface area (Å²) in [6.07, 6.45) is 0.920. The summed E-state index contributed by atoms with van der Waals surface area (Å²) in [5, 5.41) is 6.40. The van der Waals surface area contributed by atoms with Crippen LogP contribution in [0, 0.1) is 5.41 Å². The minimum absolute atomic E-state index is 0.0577. The van der Waals surface area contributed by atoms with E-state index in [0.29, 0.717) is 0 Å². The molecule has 1 saturated heterocycles. The van der Waals surface area contributed by atoms with Crippen molar-refractivity contribution in [3.05, 3.63) is 47.0 Å². The highest BCUT2D eigenvalue weighted by Crippen LogP contribution is 2.29. The molecule has 2 rings (SSSR count). The van der Waals surface area contributed by atoms with Crippen LogP contribution in [0.15, 0.2) is 41.5 Å². The highest BCUT2D eigenvalue weighted by atomic mass is 16.1. The molecule has 1 atom stereocenters. The van der Waals surface area contributed by atoms with Crippen LogP contribution in [0.25, 0.3) is 0 Å². The van der Waals surface area contributed by atoms with E-state index in [1.165, 1.54) is 11.1 Å². The maximum atomic E-state index is 12.5. The fraction of sp³-hybridized carbons (Fsp3) is 0.500. The second kappa shape index (κ2) is 6.44. The van der Waals surface area contributed by atoms with Crippen LogP contribution in [0.3, 0.4) is 0 Å². The maximum absolute atomic E-state index is 12.5. The van der Waals surface area contributed by atoms with Crippen LogP contribution < -0.4 is 10.6 Å². The summed E-state index contributed by atoms with van der Waals surface area (Å²) in [6.45, 7) is 10.2. The van der Waals surface area contributed by atoms with Gasteiger partial charge in [0.2, 0.25) is 5.91 Å². The zero-order valence-corrected chi connectivity index (χ0v) is 13.5. The van der Waals surface area contributed by atoms with E-state index in [-0.39, 0.29) is 17.4 Å². The predicted molar refractivity (Wildman–Crippen MR) is 87.0 cm³/mol. The van der Waals surface area contributed by atoms with Crippen LogP contribution in [0.1, 0.15) is 45.7 Å². The fourth-order valence-corrected chi connectivity index (χ4v) is 2.49. The van der Waals surface area contributed by atoms with Gasteiger partial charge in [-0.2, -0.15) is 0 Å². The Labute approximate surface area is 127 Å². The molecule has 1 aromatic carbocycles. The summed E-state index contributed by atoms with van der Waals surface area (Å²) in [7, 11) is 0. The number of rotatable bonds is 4. The molecule has 0 bridgehead atoms. The molecule has 0 aliphatic carbocycles. The van der Waals surface area contributed by atoms with Gasteiger partial charge in [0.25, 0.3) is 0 Å². The van der Waals surface area contributed by atoms with Crippen molar-refractivity contribution in [3.63, 3.8) is 0 Å². The van der Waals surface area contributed by atoms with Crippen LogP contribution in [-0.4, -0.2) is 19.0 Å². The SMILES string of the molecule is CC(C(=O)NC(CC(C)(C)C)c1ccccc1)=C1CNC1. The van der Waals surface area contributed by atoms with Crippen molar-refractivity contribution in [2.75, 3.05) is 13.1 Å². The average Bonchev–Trinajstić information content (AvgIpc) is 2.35. The number of carbonyl (C=O) groups excluding carboxylic acids is 1. The first-order valence-corrected chi connectivity index (χ1v) is 7.62. The van der Waals surface area contributed by atoms with Crippen molar-refractivity contribution in [1.82, 2.24) is 10.6 Å². The second-order valence-electron chi connectivity index (χ2n) is 7.03. The molecule has 1 aliphatic heterocycles. The quantitative estimate of drug-likeness (QED) is 0.835. The first kappa shape index (κ1) is 15.8. The Balaban J connectivity index is 2.14. The van der Waals surface area contributed by atoms with Gasteiger partial charge in [-0.1, -0.05) is 51.1 Å². The third-order valence-corrected chi connectivity index (χ3v) is 3.87. The Morgan fingerprint density at radius 2 is 1.86 bits per heavy atom. The largest absolute Gasteiger partial charge is 0.346 e. The van der Waals surface area contributed by atoms with E-state index >= 15 is 0 Å². The van der Waals surface area contributed by atoms with Gasteiger partial charge in [0.15, 0.2) is 0 Å². The topological polar surface area (TPSA) is 41.1 Å². The predicted octanol–water partition coefficient (Wildman–Crippen LogP) is 3.20. The molecule has 1 unspecified atom stereocenters. The summed E-state index contributed by atoms with van der Waals surface area (Å²) in [4.78, 5) is 12.5. The molecule has 1 heterocycles. The molecule has 114 valence electrons. The maximum Gasteiger partial charge on any atom is 0.247 e. The Bertz CT molecular complexity index is 520. The van der Waals surface area contributed by atoms with Gasteiger partial charge in [-0.3, -0.25) is 4.79 Å². The van der Waals surface area contributed by atoms with E-state index in [0.717, 1.165) is 25.1 Å². The molecule has 0 saturated carbocycles. The van der Waals surface area contributed by atoms with Crippen molar-refractivity contribution >= 4 is 5.91 Å². The number of amides is 1. The Hall–Kier alpha value is -1.61. The van der Waals surface area contributed by atoms with E-state index in [9.17, 15) is 4.79 Å². The van der Waals surface area contributed by atoms with E-state index in [2.05, 4.69) is 43.5 Å². The van der Waals surface area contributed by atoms with Crippen LogP contribution in [0.5, 0.6) is 0 Å². The lowest BCUT2D eigenvalue weighted by atomic mass is 9.85. The minimum Gasteiger partial charge on any atom is -0.346 e. The van der Waals surface area contributed by atoms with Gasteiger partial charge in [-0.05, 0) is 29.9 Å². The van der Waals surface area contributed by atoms with Crippen molar-refractivity contribution in [3.8, 4) is 0 Å². The first-order chi connectivity index (χ1) is 9.87. The molecule has 2 N–H and O–H groups in total. The van der Waals surface area contributed by atoms with Gasteiger partial charge < -0.3 is 10.6 Å². The molecule has 0 radical (unpaired) electrons. The number of benzene rings is 1. The smallest absolute Gasteiger partial charge is 0.247 e.